The van der Waals surface area contributed by atoms with Gasteiger partial charge >= 0.3 is 0 Å². The zero-order valence-electron chi connectivity index (χ0n) is 13.0. The normalized spacial score (nSPS) is 10.5. The summed E-state index contributed by atoms with van der Waals surface area (Å²) in [6.45, 7) is 0. The van der Waals surface area contributed by atoms with Crippen LogP contribution in [0.3, 0.4) is 0 Å². The fourth-order valence-electron chi connectivity index (χ4n) is 2.13. The smallest absolute Gasteiger partial charge is 0.288 e. The van der Waals surface area contributed by atoms with Crippen LogP contribution in [0.25, 0.3) is 16.9 Å². The van der Waals surface area contributed by atoms with Crippen molar-refractivity contribution in [2.75, 3.05) is 14.1 Å². The Morgan fingerprint density at radius 1 is 1.00 bits per heavy atom. The molecule has 3 aromatic rings. The van der Waals surface area contributed by atoms with E-state index in [4.69, 9.17) is 0 Å². The summed E-state index contributed by atoms with van der Waals surface area (Å²) in [5, 5.41) is 0.612. The fourth-order valence-corrected chi connectivity index (χ4v) is 2.87. The second-order valence-corrected chi connectivity index (χ2v) is 6.16. The highest BCUT2D eigenvalue weighted by atomic mass is 32.2. The Hall–Kier alpha value is -2.53. The van der Waals surface area contributed by atoms with Gasteiger partial charge in [-0.1, -0.05) is 48.5 Å². The van der Waals surface area contributed by atoms with Crippen LogP contribution in [0.1, 0.15) is 0 Å². The number of carbonyl (C=O) groups is 1. The van der Waals surface area contributed by atoms with Gasteiger partial charge in [-0.3, -0.25) is 9.36 Å². The highest BCUT2D eigenvalue weighted by molar-refractivity contribution is 8.13. The van der Waals surface area contributed by atoms with Gasteiger partial charge in [0, 0.05) is 43.3 Å². The van der Waals surface area contributed by atoms with Crippen LogP contribution in [0, 0.1) is 0 Å². The summed E-state index contributed by atoms with van der Waals surface area (Å²) in [5.41, 5.74) is 2.86. The molecule has 116 valence electrons. The number of aromatic nitrogens is 2. The Labute approximate surface area is 139 Å². The number of carbonyl (C=O) groups excluding carboxylic acids is 1. The second kappa shape index (κ2) is 6.71. The maximum Gasteiger partial charge on any atom is 0.288 e. The van der Waals surface area contributed by atoms with Crippen molar-refractivity contribution in [1.29, 1.82) is 0 Å². The summed E-state index contributed by atoms with van der Waals surface area (Å²) in [4.78, 5) is 18.3. The quantitative estimate of drug-likeness (QED) is 0.674. The van der Waals surface area contributed by atoms with Gasteiger partial charge in [-0.2, -0.15) is 0 Å². The third kappa shape index (κ3) is 3.46. The lowest BCUT2D eigenvalue weighted by Crippen LogP contribution is -2.16. The van der Waals surface area contributed by atoms with Crippen molar-refractivity contribution in [1.82, 2.24) is 14.5 Å². The van der Waals surface area contributed by atoms with Crippen molar-refractivity contribution in [3.05, 3.63) is 66.9 Å². The van der Waals surface area contributed by atoms with Gasteiger partial charge in [-0.05, 0) is 12.1 Å². The highest BCUT2D eigenvalue weighted by Gasteiger charge is 2.16. The zero-order chi connectivity index (χ0) is 16.2. The van der Waals surface area contributed by atoms with Crippen LogP contribution < -0.4 is 0 Å². The van der Waals surface area contributed by atoms with E-state index in [1.165, 1.54) is 0 Å². The molecule has 0 saturated carbocycles. The second-order valence-electron chi connectivity index (χ2n) is 5.24. The van der Waals surface area contributed by atoms with E-state index in [9.17, 15) is 4.79 Å². The number of thioether (sulfide) groups is 1. The van der Waals surface area contributed by atoms with E-state index in [-0.39, 0.29) is 5.24 Å². The summed E-state index contributed by atoms with van der Waals surface area (Å²) in [5.74, 6) is 0. The average molecular weight is 323 g/mol. The lowest BCUT2D eigenvalue weighted by Gasteiger charge is -2.10. The molecule has 0 saturated heterocycles. The Morgan fingerprint density at radius 3 is 2.22 bits per heavy atom. The maximum atomic E-state index is 12.1. The van der Waals surface area contributed by atoms with Crippen LogP contribution >= 0.6 is 11.8 Å². The molecule has 0 atom stereocenters. The molecule has 23 heavy (non-hydrogen) atoms. The van der Waals surface area contributed by atoms with Gasteiger partial charge < -0.3 is 4.90 Å². The molecular formula is C18H17N3OS. The summed E-state index contributed by atoms with van der Waals surface area (Å²) in [6, 6.07) is 19.9. The first-order valence-corrected chi connectivity index (χ1v) is 8.06. The SMILES string of the molecule is CN(C)C(=O)Sc1nc(-c2ccccc2)cn1-c1ccccc1. The van der Waals surface area contributed by atoms with Crippen molar-refractivity contribution in [3.8, 4) is 16.9 Å². The van der Waals surface area contributed by atoms with Crippen LogP contribution in [0.5, 0.6) is 0 Å². The molecule has 0 spiro atoms. The van der Waals surface area contributed by atoms with Gasteiger partial charge in [-0.15, -0.1) is 0 Å². The zero-order valence-corrected chi connectivity index (χ0v) is 13.8. The minimum Gasteiger partial charge on any atom is -0.339 e. The number of imidazole rings is 1. The molecule has 0 N–H and O–H groups in total. The van der Waals surface area contributed by atoms with Crippen LogP contribution in [0.2, 0.25) is 0 Å². The van der Waals surface area contributed by atoms with Crippen LogP contribution in [0.15, 0.2) is 72.0 Å². The molecular weight excluding hydrogens is 306 g/mol. The van der Waals surface area contributed by atoms with Gasteiger partial charge in [0.1, 0.15) is 0 Å². The molecule has 2 aromatic carbocycles. The Bertz CT molecular complexity index is 798. The number of para-hydroxylation sites is 1. The molecule has 0 fully saturated rings. The van der Waals surface area contributed by atoms with Crippen LogP contribution in [-0.4, -0.2) is 33.8 Å². The maximum absolute atomic E-state index is 12.1. The summed E-state index contributed by atoms with van der Waals surface area (Å²) >= 11 is 1.13. The molecule has 5 heteroatoms. The van der Waals surface area contributed by atoms with Gasteiger partial charge in [0.05, 0.1) is 5.69 Å². The number of nitrogens with zero attached hydrogens (tertiary/aromatic N) is 3. The van der Waals surface area contributed by atoms with E-state index in [0.717, 1.165) is 28.7 Å². The molecule has 3 rings (SSSR count). The topological polar surface area (TPSA) is 38.1 Å². The van der Waals surface area contributed by atoms with E-state index in [1.54, 1.807) is 19.0 Å². The molecule has 0 aliphatic rings. The minimum atomic E-state index is -0.0487. The van der Waals surface area contributed by atoms with Crippen molar-refractivity contribution in [2.45, 2.75) is 5.16 Å². The molecule has 1 aromatic heterocycles. The molecule has 0 radical (unpaired) electrons. The lowest BCUT2D eigenvalue weighted by molar-refractivity contribution is 0.241. The average Bonchev–Trinajstić information content (AvgIpc) is 3.00. The van der Waals surface area contributed by atoms with Crippen LogP contribution in [-0.2, 0) is 0 Å². The molecule has 4 nitrogen and oxygen atoms in total. The summed E-state index contributed by atoms with van der Waals surface area (Å²) in [7, 11) is 3.48. The molecule has 0 bridgehead atoms. The summed E-state index contributed by atoms with van der Waals surface area (Å²) in [6.07, 6.45) is 1.97. The predicted octanol–water partition coefficient (Wildman–Crippen LogP) is 4.31. The Balaban J connectivity index is 2.05. The first-order valence-electron chi connectivity index (χ1n) is 7.24. The third-order valence-corrected chi connectivity index (χ3v) is 4.33. The predicted molar refractivity (Wildman–Crippen MR) is 93.9 cm³/mol. The fraction of sp³-hybridized carbons (Fsp3) is 0.111. The Kier molecular flexibility index (Phi) is 4.48. The first-order chi connectivity index (χ1) is 11.1. The van der Waals surface area contributed by atoms with Crippen LogP contribution in [0.4, 0.5) is 4.79 Å². The van der Waals surface area contributed by atoms with E-state index in [1.807, 2.05) is 71.4 Å². The van der Waals surface area contributed by atoms with Crippen molar-refractivity contribution in [2.24, 2.45) is 0 Å². The molecule has 0 aliphatic heterocycles. The largest absolute Gasteiger partial charge is 0.339 e. The van der Waals surface area contributed by atoms with Gasteiger partial charge in [0.25, 0.3) is 5.24 Å². The van der Waals surface area contributed by atoms with Crippen molar-refractivity contribution >= 4 is 17.0 Å². The number of amides is 1. The number of hydrogen-bond acceptors (Lipinski definition) is 3. The summed E-state index contributed by atoms with van der Waals surface area (Å²) < 4.78 is 1.95. The van der Waals surface area contributed by atoms with Crippen molar-refractivity contribution < 1.29 is 4.79 Å². The number of benzene rings is 2. The molecule has 1 amide bonds. The molecule has 0 aliphatic carbocycles. The van der Waals surface area contributed by atoms with Crippen molar-refractivity contribution in [3.63, 3.8) is 0 Å². The minimum absolute atomic E-state index is 0.0487. The van der Waals surface area contributed by atoms with Gasteiger partial charge in [0.2, 0.25) is 0 Å². The van der Waals surface area contributed by atoms with E-state index in [0.29, 0.717) is 5.16 Å². The van der Waals surface area contributed by atoms with E-state index in [2.05, 4.69) is 4.98 Å². The monoisotopic (exact) mass is 323 g/mol. The number of hydrogen-bond donors (Lipinski definition) is 0. The van der Waals surface area contributed by atoms with E-state index < -0.39 is 0 Å². The lowest BCUT2D eigenvalue weighted by atomic mass is 10.2. The third-order valence-electron chi connectivity index (χ3n) is 3.32. The van der Waals surface area contributed by atoms with Gasteiger partial charge in [0.15, 0.2) is 5.16 Å². The Morgan fingerprint density at radius 2 is 1.61 bits per heavy atom. The molecule has 1 heterocycles. The molecule has 0 unspecified atom stereocenters. The van der Waals surface area contributed by atoms with E-state index >= 15 is 0 Å². The van der Waals surface area contributed by atoms with Gasteiger partial charge in [-0.25, -0.2) is 4.98 Å². The number of rotatable bonds is 3. The highest BCUT2D eigenvalue weighted by Crippen LogP contribution is 2.28. The standard InChI is InChI=1S/C18H17N3OS/c1-20(2)18(22)23-17-19-16(14-9-5-3-6-10-14)13-21(17)15-11-7-4-8-12-15/h3-13H,1-2H3. The first kappa shape index (κ1) is 15.4.